The molecule has 0 amide bonds. The van der Waals surface area contributed by atoms with Crippen molar-refractivity contribution in [2.45, 2.75) is 78.6 Å². The predicted molar refractivity (Wildman–Crippen MR) is 127 cm³/mol. The molecule has 3 rings (SSSR count). The monoisotopic (exact) mass is 425 g/mol. The van der Waals surface area contributed by atoms with Gasteiger partial charge in [0.25, 0.3) is 8.32 Å². The van der Waals surface area contributed by atoms with Crippen LogP contribution in [0.5, 0.6) is 5.75 Å². The summed E-state index contributed by atoms with van der Waals surface area (Å²) >= 11 is 0. The van der Waals surface area contributed by atoms with E-state index in [1.165, 1.54) is 0 Å². The fourth-order valence-corrected chi connectivity index (χ4v) is 10.3. The number of benzene rings is 1. The van der Waals surface area contributed by atoms with Gasteiger partial charge in [0.05, 0.1) is 11.2 Å². The Bertz CT molecular complexity index is 1060. The van der Waals surface area contributed by atoms with Crippen molar-refractivity contribution in [1.82, 2.24) is 14.1 Å². The largest absolute Gasteiger partial charge is 0.543 e. The highest BCUT2D eigenvalue weighted by molar-refractivity contribution is 6.78. The molecule has 162 valence electrons. The van der Waals surface area contributed by atoms with Crippen LogP contribution in [0.3, 0.4) is 0 Å². The van der Waals surface area contributed by atoms with Gasteiger partial charge < -0.3 is 4.43 Å². The fraction of sp³-hybridized carbons (Fsp3) is 0.500. The zero-order chi connectivity index (χ0) is 22.2. The molecular formula is C24H35N3O2Si. The molecule has 0 aliphatic rings. The first-order valence-corrected chi connectivity index (χ1v) is 13.1. The highest BCUT2D eigenvalue weighted by Crippen LogP contribution is 2.42. The third kappa shape index (κ3) is 3.51. The van der Waals surface area contributed by atoms with Crippen LogP contribution < -0.4 is 10.1 Å². The quantitative estimate of drug-likeness (QED) is 0.432. The van der Waals surface area contributed by atoms with Gasteiger partial charge in [-0.3, -0.25) is 4.57 Å². The number of fused-ring (bicyclic) bond motifs is 1. The third-order valence-electron chi connectivity index (χ3n) is 6.42. The molecule has 0 fully saturated rings. The van der Waals surface area contributed by atoms with Gasteiger partial charge in [-0.25, -0.2) is 14.3 Å². The van der Waals surface area contributed by atoms with Gasteiger partial charge in [0.15, 0.2) is 5.65 Å². The molecule has 0 unspecified atom stereocenters. The van der Waals surface area contributed by atoms with Gasteiger partial charge in [-0.05, 0) is 66.4 Å². The van der Waals surface area contributed by atoms with E-state index in [1.54, 1.807) is 15.3 Å². The average molecular weight is 426 g/mol. The molecule has 0 saturated heterocycles. The number of hydrogen-bond acceptors (Lipinski definition) is 3. The highest BCUT2D eigenvalue weighted by Gasteiger charge is 2.46. The summed E-state index contributed by atoms with van der Waals surface area (Å²) in [5.41, 5.74) is 4.94. The van der Waals surface area contributed by atoms with E-state index in [0.717, 1.165) is 22.5 Å². The molecule has 5 nitrogen and oxygen atoms in total. The second kappa shape index (κ2) is 8.42. The summed E-state index contributed by atoms with van der Waals surface area (Å²) in [6, 6.07) is 9.90. The van der Waals surface area contributed by atoms with Crippen molar-refractivity contribution in [3.8, 4) is 11.4 Å². The molecule has 30 heavy (non-hydrogen) atoms. The number of pyridine rings is 1. The molecule has 0 N–H and O–H groups in total. The summed E-state index contributed by atoms with van der Waals surface area (Å²) in [7, 11) is -2.01. The van der Waals surface area contributed by atoms with Crippen molar-refractivity contribution >= 4 is 19.5 Å². The van der Waals surface area contributed by atoms with E-state index in [1.807, 2.05) is 44.2 Å². The standard InChI is InChI=1S/C24H35N3O2Si/c1-9-26-22-19(8)14-15-25-23(22)27(24(26)28)20-10-12-21(13-11-20)29-30(16(2)3,17(4)5)18(6)7/h10-18H,9H2,1-8H3. The lowest BCUT2D eigenvalue weighted by Gasteiger charge is -2.42. The van der Waals surface area contributed by atoms with E-state index in [4.69, 9.17) is 4.43 Å². The van der Waals surface area contributed by atoms with Crippen molar-refractivity contribution in [3.63, 3.8) is 0 Å². The summed E-state index contributed by atoms with van der Waals surface area (Å²) in [5, 5.41) is 0. The summed E-state index contributed by atoms with van der Waals surface area (Å²) in [6.45, 7) is 18.3. The molecule has 3 aromatic rings. The second-order valence-electron chi connectivity index (χ2n) is 9.08. The van der Waals surface area contributed by atoms with Gasteiger partial charge in [0.1, 0.15) is 5.75 Å². The number of aromatic nitrogens is 3. The first kappa shape index (κ1) is 22.3. The Morgan fingerprint density at radius 2 is 1.53 bits per heavy atom. The molecule has 0 aliphatic carbocycles. The maximum atomic E-state index is 13.1. The van der Waals surface area contributed by atoms with Gasteiger partial charge in [0.2, 0.25) is 0 Å². The molecule has 1 aromatic carbocycles. The Morgan fingerprint density at radius 3 is 2.03 bits per heavy atom. The molecule has 0 radical (unpaired) electrons. The summed E-state index contributed by atoms with van der Waals surface area (Å²) in [6.07, 6.45) is 1.76. The molecule has 0 bridgehead atoms. The van der Waals surface area contributed by atoms with Gasteiger partial charge in [0, 0.05) is 12.7 Å². The van der Waals surface area contributed by atoms with Crippen LogP contribution in [-0.4, -0.2) is 22.4 Å². The lowest BCUT2D eigenvalue weighted by atomic mass is 10.2. The van der Waals surface area contributed by atoms with Gasteiger partial charge in [-0.1, -0.05) is 41.5 Å². The first-order valence-electron chi connectivity index (χ1n) is 11.0. The fourth-order valence-electron chi connectivity index (χ4n) is 5.09. The highest BCUT2D eigenvalue weighted by atomic mass is 28.4. The molecule has 2 aromatic heterocycles. The topological polar surface area (TPSA) is 49.0 Å². The Labute approximate surface area is 180 Å². The lowest BCUT2D eigenvalue weighted by molar-refractivity contribution is 0.479. The van der Waals surface area contributed by atoms with Crippen LogP contribution in [0.15, 0.2) is 41.3 Å². The number of rotatable bonds is 7. The van der Waals surface area contributed by atoms with E-state index < -0.39 is 8.32 Å². The molecule has 0 aliphatic heterocycles. The Balaban J connectivity index is 2.06. The van der Waals surface area contributed by atoms with Crippen LogP contribution in [0, 0.1) is 6.92 Å². The minimum atomic E-state index is -2.01. The van der Waals surface area contributed by atoms with E-state index in [2.05, 4.69) is 46.5 Å². The minimum absolute atomic E-state index is 0.0572. The van der Waals surface area contributed by atoms with Crippen molar-refractivity contribution < 1.29 is 4.43 Å². The molecule has 2 heterocycles. The normalized spacial score (nSPS) is 12.5. The lowest BCUT2D eigenvalue weighted by Crippen LogP contribution is -2.50. The molecule has 6 heteroatoms. The number of hydrogen-bond donors (Lipinski definition) is 0. The van der Waals surface area contributed by atoms with E-state index in [-0.39, 0.29) is 5.69 Å². The second-order valence-corrected chi connectivity index (χ2v) is 14.5. The van der Waals surface area contributed by atoms with Crippen LogP contribution in [-0.2, 0) is 6.54 Å². The molecule has 0 spiro atoms. The van der Waals surface area contributed by atoms with E-state index in [0.29, 0.717) is 28.8 Å². The van der Waals surface area contributed by atoms with Crippen molar-refractivity contribution in [2.75, 3.05) is 0 Å². The van der Waals surface area contributed by atoms with E-state index in [9.17, 15) is 4.79 Å². The Hall–Kier alpha value is -2.34. The van der Waals surface area contributed by atoms with Crippen LogP contribution >= 0.6 is 0 Å². The SMILES string of the molecule is CCn1c(=O)n(-c2ccc(O[Si](C(C)C)(C(C)C)C(C)C)cc2)c2nccc(C)c21. The summed E-state index contributed by atoms with van der Waals surface area (Å²) < 4.78 is 10.3. The maximum absolute atomic E-state index is 13.1. The zero-order valence-electron chi connectivity index (χ0n) is 19.6. The Morgan fingerprint density at radius 1 is 0.967 bits per heavy atom. The van der Waals surface area contributed by atoms with Gasteiger partial charge >= 0.3 is 5.69 Å². The van der Waals surface area contributed by atoms with Crippen molar-refractivity contribution in [1.29, 1.82) is 0 Å². The predicted octanol–water partition coefficient (Wildman–Crippen LogP) is 6.07. The number of nitrogens with zero attached hydrogens (tertiary/aromatic N) is 3. The molecule has 0 atom stereocenters. The Kier molecular flexibility index (Phi) is 6.27. The summed E-state index contributed by atoms with van der Waals surface area (Å²) in [4.78, 5) is 17.6. The maximum Gasteiger partial charge on any atom is 0.334 e. The first-order chi connectivity index (χ1) is 14.1. The van der Waals surface area contributed by atoms with Crippen LogP contribution in [0.2, 0.25) is 16.6 Å². The number of aryl methyl sites for hydroxylation is 2. The third-order valence-corrected chi connectivity index (χ3v) is 12.4. The zero-order valence-corrected chi connectivity index (χ0v) is 20.6. The number of imidazole rings is 1. The summed E-state index contributed by atoms with van der Waals surface area (Å²) in [5.74, 6) is 0.887. The van der Waals surface area contributed by atoms with Crippen LogP contribution in [0.25, 0.3) is 16.9 Å². The molecular weight excluding hydrogens is 390 g/mol. The van der Waals surface area contributed by atoms with Crippen molar-refractivity contribution in [2.24, 2.45) is 0 Å². The van der Waals surface area contributed by atoms with Gasteiger partial charge in [-0.15, -0.1) is 0 Å². The van der Waals surface area contributed by atoms with Crippen LogP contribution in [0.1, 0.15) is 54.0 Å². The molecule has 0 saturated carbocycles. The smallest absolute Gasteiger partial charge is 0.334 e. The van der Waals surface area contributed by atoms with Crippen LogP contribution in [0.4, 0.5) is 0 Å². The minimum Gasteiger partial charge on any atom is -0.543 e. The van der Waals surface area contributed by atoms with Crippen molar-refractivity contribution in [3.05, 3.63) is 52.6 Å². The van der Waals surface area contributed by atoms with E-state index >= 15 is 0 Å². The van der Waals surface area contributed by atoms with Gasteiger partial charge in [-0.2, -0.15) is 0 Å². The average Bonchev–Trinajstić information content (AvgIpc) is 2.98.